The highest BCUT2D eigenvalue weighted by Crippen LogP contribution is 2.40. The van der Waals surface area contributed by atoms with Gasteiger partial charge in [0.15, 0.2) is 5.13 Å². The molecule has 0 fully saturated rings. The molecular weight excluding hydrogens is 1110 g/mol. The van der Waals surface area contributed by atoms with Gasteiger partial charge in [0, 0.05) is 58.6 Å². The Bertz CT molecular complexity index is 3480. The second-order valence-corrected chi connectivity index (χ2v) is 22.9. The van der Waals surface area contributed by atoms with Gasteiger partial charge in [-0.15, -0.1) is 56.7 Å². The molecule has 77 heavy (non-hydrogen) atoms. The molecule has 4 atom stereocenters. The van der Waals surface area contributed by atoms with E-state index in [4.69, 9.17) is 24.7 Å². The lowest BCUT2D eigenvalue weighted by Gasteiger charge is -2.23. The summed E-state index contributed by atoms with van der Waals surface area (Å²) >= 11 is 7.00. The number of carbonyl (C=O) groups excluding carboxylic acids is 6. The topological polar surface area (TPSA) is 315 Å². The van der Waals surface area contributed by atoms with E-state index < -0.39 is 54.3 Å². The van der Waals surface area contributed by atoms with E-state index in [1.807, 2.05) is 0 Å². The molecule has 28 heteroatoms. The van der Waals surface area contributed by atoms with Crippen LogP contribution in [0.2, 0.25) is 0 Å². The fourth-order valence-electron chi connectivity index (χ4n) is 7.75. The number of methoxy groups -OCH3 is 1. The molecule has 398 valence electrons. The molecule has 22 nitrogen and oxygen atoms in total. The number of carbonyl (C=O) groups is 6. The smallest absolute Gasteiger partial charge is 0.277 e. The number of pyridine rings is 1. The molecule has 0 saturated carbocycles. The van der Waals surface area contributed by atoms with Crippen LogP contribution in [-0.4, -0.2) is 108 Å². The van der Waals surface area contributed by atoms with E-state index in [-0.39, 0.29) is 58.7 Å². The van der Waals surface area contributed by atoms with Gasteiger partial charge in [-0.05, 0) is 37.5 Å². The van der Waals surface area contributed by atoms with Crippen LogP contribution in [0.15, 0.2) is 64.0 Å². The standard InChI is InChI=1S/C49H47N13O9S6/c1-22(9-8-14-63)40(67)57-32-21-75-45(58-32)26-13-12-25-36(52-26)28-18-73-46(54-28)30-20-74-48(56-30)38(39(66)24-10-6-5-7-11-24)59-34(65)16-51-42(69)37-31(17-71-4)77-49(61-37)62-43(70)35-23(2)76-47(60-35)27(15-33(64)50-3)53-41(68)29-19-72-44(25)55-29/h5-7,10-13,18-22,27,38-39,63,66H,8-9,14-17H2,1-4H3,(H,50,64)(H,51,69)(H,53,68)(H,57,67)(H,59,65)(H,61,62,70)/t22-,27+,38+,39+/m1/s1. The summed E-state index contributed by atoms with van der Waals surface area (Å²) in [6.45, 7) is 2.85. The van der Waals surface area contributed by atoms with Crippen molar-refractivity contribution in [2.24, 2.45) is 5.92 Å². The average Bonchev–Trinajstić information content (AvgIpc) is 4.32. The van der Waals surface area contributed by atoms with E-state index in [9.17, 15) is 39.0 Å². The zero-order valence-corrected chi connectivity index (χ0v) is 46.1. The molecule has 0 unspecified atom stereocenters. The maximum atomic E-state index is 14.2. The van der Waals surface area contributed by atoms with Crippen LogP contribution in [0.3, 0.4) is 0 Å². The lowest BCUT2D eigenvalue weighted by Crippen LogP contribution is -2.40. The van der Waals surface area contributed by atoms with Crippen molar-refractivity contribution >= 4 is 114 Å². The third kappa shape index (κ3) is 12.7. The van der Waals surface area contributed by atoms with Crippen LogP contribution in [0.4, 0.5) is 10.9 Å². The number of nitrogens with one attached hydrogen (secondary N) is 6. The second kappa shape index (κ2) is 24.5. The van der Waals surface area contributed by atoms with Gasteiger partial charge in [-0.25, -0.2) is 34.9 Å². The van der Waals surface area contributed by atoms with Gasteiger partial charge in [0.25, 0.3) is 17.7 Å². The quantitative estimate of drug-likeness (QED) is 0.0625. The first-order valence-corrected chi connectivity index (χ1v) is 28.7. The number of aliphatic hydroxyl groups excluding tert-OH is 2. The zero-order valence-electron chi connectivity index (χ0n) is 41.2. The fourth-order valence-corrected chi connectivity index (χ4v) is 12.9. The summed E-state index contributed by atoms with van der Waals surface area (Å²) in [5, 5.41) is 46.4. The van der Waals surface area contributed by atoms with Crippen molar-refractivity contribution in [3.05, 3.63) is 106 Å². The van der Waals surface area contributed by atoms with Crippen LogP contribution < -0.4 is 31.9 Å². The molecular formula is C49H47N13O9S6. The summed E-state index contributed by atoms with van der Waals surface area (Å²) in [5.74, 6) is -3.33. The number of aromatic nitrogens is 7. The molecule has 10 bridgehead atoms. The third-order valence-electron chi connectivity index (χ3n) is 11.7. The van der Waals surface area contributed by atoms with E-state index in [0.29, 0.717) is 82.3 Å². The summed E-state index contributed by atoms with van der Waals surface area (Å²) < 4.78 is 5.33. The van der Waals surface area contributed by atoms with Gasteiger partial charge in [0.1, 0.15) is 77.2 Å². The number of anilines is 2. The molecule has 0 spiro atoms. The Morgan fingerprint density at radius 2 is 1.51 bits per heavy atom. The minimum absolute atomic E-state index is 0.00717. The number of hydrogen-bond acceptors (Lipinski definition) is 22. The minimum Gasteiger partial charge on any atom is -0.396 e. The minimum atomic E-state index is -1.27. The molecule has 1 aliphatic rings. The third-order valence-corrected chi connectivity index (χ3v) is 17.3. The van der Waals surface area contributed by atoms with Crippen molar-refractivity contribution < 1.29 is 43.7 Å². The van der Waals surface area contributed by atoms with E-state index >= 15 is 0 Å². The Kier molecular flexibility index (Phi) is 17.4. The molecule has 0 saturated heterocycles. The van der Waals surface area contributed by atoms with E-state index in [1.54, 1.807) is 77.8 Å². The van der Waals surface area contributed by atoms with Crippen LogP contribution in [0.1, 0.15) is 101 Å². The van der Waals surface area contributed by atoms with Gasteiger partial charge in [-0.3, -0.25) is 34.1 Å². The number of aliphatic hydroxyl groups is 2. The number of hydrogen-bond donors (Lipinski definition) is 8. The Labute approximate surface area is 462 Å². The number of thiazole rings is 6. The van der Waals surface area contributed by atoms with Crippen LogP contribution in [0, 0.1) is 12.8 Å². The first-order chi connectivity index (χ1) is 37.2. The fraction of sp³-hybridized carbons (Fsp3) is 0.286. The summed E-state index contributed by atoms with van der Waals surface area (Å²) in [7, 11) is 2.89. The first-order valence-electron chi connectivity index (χ1n) is 23.6. The number of amides is 6. The Balaban J connectivity index is 1.11. The van der Waals surface area contributed by atoms with Crippen molar-refractivity contribution in [2.75, 3.05) is 37.9 Å². The van der Waals surface area contributed by atoms with Gasteiger partial charge in [-0.1, -0.05) is 48.6 Å². The van der Waals surface area contributed by atoms with Gasteiger partial charge < -0.3 is 41.5 Å². The van der Waals surface area contributed by atoms with E-state index in [0.717, 1.165) is 22.7 Å². The summed E-state index contributed by atoms with van der Waals surface area (Å²) in [6.07, 6.45) is -0.501. The monoisotopic (exact) mass is 1150 g/mol. The molecule has 8 aromatic rings. The molecule has 0 radical (unpaired) electrons. The molecule has 1 aliphatic heterocycles. The van der Waals surface area contributed by atoms with Crippen LogP contribution in [0.5, 0.6) is 0 Å². The van der Waals surface area contributed by atoms with Gasteiger partial charge in [-0.2, -0.15) is 0 Å². The highest BCUT2D eigenvalue weighted by molar-refractivity contribution is 7.16. The number of nitrogens with zero attached hydrogens (tertiary/aromatic N) is 7. The predicted molar refractivity (Wildman–Crippen MR) is 294 cm³/mol. The lowest BCUT2D eigenvalue weighted by atomic mass is 10.0. The Morgan fingerprint density at radius 1 is 0.766 bits per heavy atom. The number of ether oxygens (including phenoxy) is 1. The zero-order chi connectivity index (χ0) is 54.3. The molecule has 0 aliphatic carbocycles. The number of aryl methyl sites for hydroxylation is 1. The average molecular weight is 1150 g/mol. The first kappa shape index (κ1) is 54.6. The van der Waals surface area contributed by atoms with E-state index in [1.165, 1.54) is 59.5 Å². The molecule has 8 N–H and O–H groups in total. The van der Waals surface area contributed by atoms with E-state index in [2.05, 4.69) is 46.9 Å². The van der Waals surface area contributed by atoms with Crippen molar-refractivity contribution in [2.45, 2.75) is 57.9 Å². The van der Waals surface area contributed by atoms with Crippen LogP contribution in [-0.2, 0) is 25.7 Å². The normalized spacial score (nSPS) is 15.9. The largest absolute Gasteiger partial charge is 0.396 e. The highest BCUT2D eigenvalue weighted by Gasteiger charge is 2.31. The van der Waals surface area contributed by atoms with Crippen molar-refractivity contribution in [3.8, 4) is 43.4 Å². The molecule has 8 heterocycles. The van der Waals surface area contributed by atoms with Gasteiger partial charge in [0.2, 0.25) is 17.7 Å². The molecule has 7 aromatic heterocycles. The summed E-state index contributed by atoms with van der Waals surface area (Å²) in [5.41, 5.74) is 2.63. The van der Waals surface area contributed by atoms with Crippen LogP contribution >= 0.6 is 68.0 Å². The Morgan fingerprint density at radius 3 is 2.29 bits per heavy atom. The number of fused-ring (bicyclic) bond motifs is 14. The lowest BCUT2D eigenvalue weighted by molar-refractivity contribution is -0.122. The maximum Gasteiger partial charge on any atom is 0.277 e. The number of rotatable bonds is 12. The Hall–Kier alpha value is -7.15. The van der Waals surface area contributed by atoms with Crippen molar-refractivity contribution in [1.29, 1.82) is 0 Å². The predicted octanol–water partition coefficient (Wildman–Crippen LogP) is 6.78. The van der Waals surface area contributed by atoms with Crippen LogP contribution in [0.25, 0.3) is 43.4 Å². The van der Waals surface area contributed by atoms with Gasteiger partial charge in [0.05, 0.1) is 36.2 Å². The summed E-state index contributed by atoms with van der Waals surface area (Å²) in [4.78, 5) is 115. The maximum absolute atomic E-state index is 14.2. The molecule has 1 aromatic carbocycles. The number of benzene rings is 1. The SMILES string of the molecule is CNC(=O)C[C@@H]1NC(=O)c2csc(n2)-c2ccc(-c3nc(NC(=O)[C@H](C)CCCO)cs3)nc2-c2csc(n2)-c2csc(n2)[C@H]([C@@H](O)c2ccccc2)NC(=O)CNC(=O)c2nc(sc2COC)NC(=O)c2nc1sc2C. The van der Waals surface area contributed by atoms with Crippen molar-refractivity contribution in [3.63, 3.8) is 0 Å². The van der Waals surface area contributed by atoms with Crippen molar-refractivity contribution in [1.82, 2.24) is 56.2 Å². The second-order valence-electron chi connectivity index (χ2n) is 17.2. The molecule has 9 rings (SSSR count). The highest BCUT2D eigenvalue weighted by atomic mass is 32.1. The van der Waals surface area contributed by atoms with Gasteiger partial charge >= 0.3 is 0 Å². The summed E-state index contributed by atoms with van der Waals surface area (Å²) in [6, 6.07) is 10.2. The molecule has 6 amide bonds.